The van der Waals surface area contributed by atoms with Crippen LogP contribution in [-0.4, -0.2) is 25.2 Å². The third-order valence-electron chi connectivity index (χ3n) is 2.38. The normalized spacial score (nSPS) is 11.2. The van der Waals surface area contributed by atoms with Crippen molar-refractivity contribution >= 4 is 17.6 Å². The molecule has 0 spiro atoms. The molecule has 0 fully saturated rings. The Hall–Kier alpha value is -2.56. The summed E-state index contributed by atoms with van der Waals surface area (Å²) < 4.78 is 9.66. The second-order valence-electron chi connectivity index (χ2n) is 3.91. The summed E-state index contributed by atoms with van der Waals surface area (Å²) in [6.07, 6.45) is 4.02. The van der Waals surface area contributed by atoms with Gasteiger partial charge in [-0.1, -0.05) is 30.3 Å². The molecule has 0 atom stereocenters. The van der Waals surface area contributed by atoms with Crippen LogP contribution in [0, 0.1) is 0 Å². The lowest BCUT2D eigenvalue weighted by Gasteiger charge is -2.07. The van der Waals surface area contributed by atoms with Gasteiger partial charge in [0.2, 0.25) is 0 Å². The van der Waals surface area contributed by atoms with Gasteiger partial charge in [0.15, 0.2) is 0 Å². The van der Waals surface area contributed by atoms with Crippen LogP contribution in [0.5, 0.6) is 0 Å². The minimum absolute atomic E-state index is 0.302. The van der Waals surface area contributed by atoms with Crippen LogP contribution in [0.15, 0.2) is 48.7 Å². The molecule has 0 aliphatic carbocycles. The maximum absolute atomic E-state index is 11.6. The van der Waals surface area contributed by atoms with Crippen molar-refractivity contribution < 1.29 is 19.1 Å². The molecule has 5 nitrogen and oxygen atoms in total. The van der Waals surface area contributed by atoms with Gasteiger partial charge in [-0.2, -0.15) is 0 Å². The number of hydrogen-bond donors (Lipinski definition) is 1. The Labute approximate surface area is 124 Å². The first-order chi connectivity index (χ1) is 10.2. The fourth-order valence-electron chi connectivity index (χ4n) is 1.52. The van der Waals surface area contributed by atoms with E-state index in [1.807, 2.05) is 30.3 Å². The Kier molecular flexibility index (Phi) is 7.35. The molecule has 0 bridgehead atoms. The van der Waals surface area contributed by atoms with Crippen LogP contribution in [0.1, 0.15) is 19.4 Å². The summed E-state index contributed by atoms with van der Waals surface area (Å²) in [5, 5.41) is 2.89. The molecule has 1 rings (SSSR count). The van der Waals surface area contributed by atoms with Gasteiger partial charge in [-0.05, 0) is 19.4 Å². The Morgan fingerprint density at radius 1 is 1.05 bits per heavy atom. The first-order valence-corrected chi connectivity index (χ1v) is 6.71. The average molecular weight is 289 g/mol. The lowest BCUT2D eigenvalue weighted by Crippen LogP contribution is -2.10. The minimum atomic E-state index is -0.451. The topological polar surface area (TPSA) is 64.6 Å². The molecule has 5 heteroatoms. The van der Waals surface area contributed by atoms with E-state index in [1.165, 1.54) is 18.4 Å². The zero-order valence-electron chi connectivity index (χ0n) is 12.2. The Morgan fingerprint density at radius 3 is 2.29 bits per heavy atom. The van der Waals surface area contributed by atoms with Gasteiger partial charge in [0.25, 0.3) is 0 Å². The Morgan fingerprint density at radius 2 is 1.67 bits per heavy atom. The van der Waals surface area contributed by atoms with Gasteiger partial charge in [0, 0.05) is 18.4 Å². The molecule has 0 amide bonds. The van der Waals surface area contributed by atoms with E-state index in [2.05, 4.69) is 5.32 Å². The van der Waals surface area contributed by atoms with Crippen LogP contribution in [0.25, 0.3) is 5.70 Å². The molecule has 1 aromatic carbocycles. The van der Waals surface area contributed by atoms with Crippen molar-refractivity contribution in [3.8, 4) is 0 Å². The molecule has 112 valence electrons. The molecule has 0 unspecified atom stereocenters. The van der Waals surface area contributed by atoms with Gasteiger partial charge in [-0.25, -0.2) is 9.59 Å². The molecule has 0 saturated heterocycles. The van der Waals surface area contributed by atoms with E-state index in [-0.39, 0.29) is 0 Å². The number of nitrogens with one attached hydrogen (secondary N) is 1. The highest BCUT2D eigenvalue weighted by molar-refractivity contribution is 5.91. The lowest BCUT2D eigenvalue weighted by atomic mass is 10.1. The highest BCUT2D eigenvalue weighted by Crippen LogP contribution is 2.11. The zero-order chi connectivity index (χ0) is 15.5. The van der Waals surface area contributed by atoms with Crippen molar-refractivity contribution in [3.63, 3.8) is 0 Å². The number of hydrogen-bond acceptors (Lipinski definition) is 5. The van der Waals surface area contributed by atoms with E-state index < -0.39 is 11.9 Å². The highest BCUT2D eigenvalue weighted by atomic mass is 16.5. The maximum atomic E-state index is 11.6. The first-order valence-electron chi connectivity index (χ1n) is 6.71. The van der Waals surface area contributed by atoms with Crippen molar-refractivity contribution in [2.45, 2.75) is 13.8 Å². The van der Waals surface area contributed by atoms with Crippen LogP contribution in [0.2, 0.25) is 0 Å². The first kappa shape index (κ1) is 16.5. The lowest BCUT2D eigenvalue weighted by molar-refractivity contribution is -0.138. The standard InChI is InChI=1S/C16H19NO4/c1-3-20-15(18)10-11-17-14(12-16(19)21-4-2)13-8-6-5-7-9-13/h5-12,17H,3-4H2,1-2H3/b11-10+,14-12-. The number of benzene rings is 1. The molecule has 0 saturated carbocycles. The zero-order valence-corrected chi connectivity index (χ0v) is 12.2. The summed E-state index contributed by atoms with van der Waals surface area (Å²) in [7, 11) is 0. The number of rotatable bonds is 7. The predicted molar refractivity (Wildman–Crippen MR) is 80.0 cm³/mol. The molecule has 0 aliphatic heterocycles. The second-order valence-corrected chi connectivity index (χ2v) is 3.91. The predicted octanol–water partition coefficient (Wildman–Crippen LogP) is 2.26. The summed E-state index contributed by atoms with van der Waals surface area (Å²) in [6, 6.07) is 9.27. The molecule has 0 aliphatic rings. The highest BCUT2D eigenvalue weighted by Gasteiger charge is 2.04. The van der Waals surface area contributed by atoms with Crippen LogP contribution < -0.4 is 5.32 Å². The number of esters is 2. The van der Waals surface area contributed by atoms with Gasteiger partial charge in [0.05, 0.1) is 18.9 Å². The third kappa shape index (κ3) is 6.42. The summed E-state index contributed by atoms with van der Waals surface area (Å²) in [5.74, 6) is -0.901. The summed E-state index contributed by atoms with van der Waals surface area (Å²) in [4.78, 5) is 22.8. The fourth-order valence-corrected chi connectivity index (χ4v) is 1.52. The number of carbonyl (C=O) groups excluding carboxylic acids is 2. The van der Waals surface area contributed by atoms with Gasteiger partial charge in [-0.15, -0.1) is 0 Å². The molecule has 0 radical (unpaired) electrons. The van der Waals surface area contributed by atoms with Crippen molar-refractivity contribution in [2.24, 2.45) is 0 Å². The van der Waals surface area contributed by atoms with Crippen LogP contribution in [0.3, 0.4) is 0 Å². The SMILES string of the molecule is CCOC(=O)/C=C(\N/C=C/C(=O)OCC)c1ccccc1. The van der Waals surface area contributed by atoms with Crippen molar-refractivity contribution in [1.82, 2.24) is 5.32 Å². The van der Waals surface area contributed by atoms with Crippen LogP contribution in [0.4, 0.5) is 0 Å². The van der Waals surface area contributed by atoms with E-state index in [1.54, 1.807) is 13.8 Å². The molecule has 1 N–H and O–H groups in total. The van der Waals surface area contributed by atoms with Gasteiger partial charge < -0.3 is 14.8 Å². The maximum Gasteiger partial charge on any atom is 0.332 e. The monoisotopic (exact) mass is 289 g/mol. The number of ether oxygens (including phenoxy) is 2. The van der Waals surface area contributed by atoms with E-state index in [4.69, 9.17) is 9.47 Å². The van der Waals surface area contributed by atoms with E-state index in [0.717, 1.165) is 5.56 Å². The Bertz CT molecular complexity index is 520. The van der Waals surface area contributed by atoms with Gasteiger partial charge >= 0.3 is 11.9 Å². The summed E-state index contributed by atoms with van der Waals surface area (Å²) in [6.45, 7) is 4.08. The van der Waals surface area contributed by atoms with Crippen molar-refractivity contribution in [1.29, 1.82) is 0 Å². The molecule has 21 heavy (non-hydrogen) atoms. The molecule has 0 heterocycles. The quantitative estimate of drug-likeness (QED) is 0.616. The largest absolute Gasteiger partial charge is 0.463 e. The molecule has 0 aromatic heterocycles. The minimum Gasteiger partial charge on any atom is -0.463 e. The summed E-state index contributed by atoms with van der Waals surface area (Å²) in [5.41, 5.74) is 1.34. The van der Waals surface area contributed by atoms with E-state index in [9.17, 15) is 9.59 Å². The van der Waals surface area contributed by atoms with Crippen LogP contribution >= 0.6 is 0 Å². The Balaban J connectivity index is 2.83. The van der Waals surface area contributed by atoms with E-state index >= 15 is 0 Å². The summed E-state index contributed by atoms with van der Waals surface area (Å²) >= 11 is 0. The number of carbonyl (C=O) groups is 2. The average Bonchev–Trinajstić information content (AvgIpc) is 2.47. The molecular formula is C16H19NO4. The van der Waals surface area contributed by atoms with Crippen molar-refractivity contribution in [3.05, 3.63) is 54.2 Å². The van der Waals surface area contributed by atoms with Gasteiger partial charge in [-0.3, -0.25) is 0 Å². The van der Waals surface area contributed by atoms with Crippen molar-refractivity contribution in [2.75, 3.05) is 13.2 Å². The third-order valence-corrected chi connectivity index (χ3v) is 2.38. The fraction of sp³-hybridized carbons (Fsp3) is 0.250. The van der Waals surface area contributed by atoms with E-state index in [0.29, 0.717) is 18.9 Å². The second kappa shape index (κ2) is 9.36. The smallest absolute Gasteiger partial charge is 0.332 e. The van der Waals surface area contributed by atoms with Gasteiger partial charge in [0.1, 0.15) is 0 Å². The van der Waals surface area contributed by atoms with Crippen LogP contribution in [-0.2, 0) is 19.1 Å². The molecule has 1 aromatic rings. The molecular weight excluding hydrogens is 270 g/mol.